The molecule has 0 aliphatic rings. The van der Waals surface area contributed by atoms with Crippen molar-refractivity contribution in [1.82, 2.24) is 35.1 Å². The first-order valence-electron chi connectivity index (χ1n) is 12.4. The molecule has 0 unspecified atom stereocenters. The van der Waals surface area contributed by atoms with Gasteiger partial charge in [-0.2, -0.15) is 5.10 Å². The summed E-state index contributed by atoms with van der Waals surface area (Å²) >= 11 is 0. The van der Waals surface area contributed by atoms with Crippen LogP contribution in [-0.2, 0) is 0 Å². The van der Waals surface area contributed by atoms with E-state index in [0.717, 1.165) is 11.1 Å². The monoisotopic (exact) mass is 526 g/mol. The Morgan fingerprint density at radius 3 is 2.55 bits per heavy atom. The van der Waals surface area contributed by atoms with Gasteiger partial charge in [-0.3, -0.25) is 24.8 Å². The van der Waals surface area contributed by atoms with Crippen LogP contribution in [0.15, 0.2) is 97.7 Å². The molecule has 0 radical (unpaired) electrons. The number of hydrogen-bond acceptors (Lipinski definition) is 6. The number of aromatic amines is 2. The second-order valence-electron chi connectivity index (χ2n) is 9.12. The molecule has 1 amide bonds. The Morgan fingerprint density at radius 2 is 1.70 bits per heavy atom. The van der Waals surface area contributed by atoms with Crippen LogP contribution in [0.4, 0.5) is 10.1 Å². The molecule has 0 saturated heterocycles. The molecule has 10 heteroatoms. The van der Waals surface area contributed by atoms with Gasteiger partial charge < -0.3 is 10.3 Å². The van der Waals surface area contributed by atoms with Crippen molar-refractivity contribution in [3.63, 3.8) is 0 Å². The molecule has 7 rings (SSSR count). The van der Waals surface area contributed by atoms with E-state index in [1.54, 1.807) is 61.2 Å². The van der Waals surface area contributed by atoms with Gasteiger partial charge in [0.05, 0.1) is 28.6 Å². The topological polar surface area (TPSA) is 125 Å². The van der Waals surface area contributed by atoms with Crippen LogP contribution in [0, 0.1) is 5.82 Å². The fourth-order valence-corrected chi connectivity index (χ4v) is 4.65. The van der Waals surface area contributed by atoms with Gasteiger partial charge in [0.1, 0.15) is 17.0 Å². The average molecular weight is 527 g/mol. The fraction of sp³-hybridized carbons (Fsp3) is 0. The van der Waals surface area contributed by atoms with Crippen LogP contribution < -0.4 is 5.32 Å². The molecule has 192 valence electrons. The number of halogens is 1. The third-order valence-electron chi connectivity index (χ3n) is 6.55. The van der Waals surface area contributed by atoms with Gasteiger partial charge >= 0.3 is 0 Å². The quantitative estimate of drug-likeness (QED) is 0.252. The molecule has 5 aromatic heterocycles. The lowest BCUT2D eigenvalue weighted by Gasteiger charge is -2.08. The number of nitrogens with one attached hydrogen (secondary N) is 3. The standard InChI is InChI=1S/C30H19FN8O/c31-23-13-25-22(12-21(23)19-11-20(16-33-15-19)35-30(40)17-5-2-1-3-6-17)27(39-38-25)29-36-24-8-10-34-26(28(24)37-29)18-7-4-9-32-14-18/h1-16H,(H,35,40)(H,36,37)(H,38,39). The number of carbonyl (C=O) groups is 1. The number of pyridine rings is 3. The SMILES string of the molecule is O=C(Nc1cncc(-c2cc3c(-c4nc5c(-c6cccnc6)nccc5[nH]4)n[nH]c3cc2F)c1)c1ccccc1. The molecule has 9 nitrogen and oxygen atoms in total. The lowest BCUT2D eigenvalue weighted by molar-refractivity contribution is 0.102. The normalized spacial score (nSPS) is 11.2. The Hall–Kier alpha value is -5.77. The third kappa shape index (κ3) is 4.13. The van der Waals surface area contributed by atoms with Crippen molar-refractivity contribution in [2.45, 2.75) is 0 Å². The minimum absolute atomic E-state index is 0.280. The Labute approximate surface area is 226 Å². The number of H-pyrrole nitrogens is 2. The predicted molar refractivity (Wildman–Crippen MR) is 150 cm³/mol. The molecule has 0 atom stereocenters. The van der Waals surface area contributed by atoms with Crippen molar-refractivity contribution < 1.29 is 9.18 Å². The number of hydrogen-bond donors (Lipinski definition) is 3. The van der Waals surface area contributed by atoms with Gasteiger partial charge in [-0.1, -0.05) is 18.2 Å². The number of fused-ring (bicyclic) bond motifs is 2. The molecule has 0 aliphatic heterocycles. The number of amides is 1. The smallest absolute Gasteiger partial charge is 0.255 e. The van der Waals surface area contributed by atoms with Crippen LogP contribution in [0.3, 0.4) is 0 Å². The van der Waals surface area contributed by atoms with Gasteiger partial charge in [0.2, 0.25) is 0 Å². The van der Waals surface area contributed by atoms with Crippen LogP contribution >= 0.6 is 0 Å². The van der Waals surface area contributed by atoms with E-state index in [2.05, 4.69) is 35.5 Å². The summed E-state index contributed by atoms with van der Waals surface area (Å²) < 4.78 is 15.3. The number of nitrogens with zero attached hydrogens (tertiary/aromatic N) is 5. The van der Waals surface area contributed by atoms with Gasteiger partial charge in [-0.25, -0.2) is 9.37 Å². The maximum Gasteiger partial charge on any atom is 0.255 e. The summed E-state index contributed by atoms with van der Waals surface area (Å²) in [5, 5.41) is 10.8. The predicted octanol–water partition coefficient (Wildman–Crippen LogP) is 6.02. The first-order chi connectivity index (χ1) is 19.6. The molecule has 0 bridgehead atoms. The lowest BCUT2D eigenvalue weighted by atomic mass is 10.0. The van der Waals surface area contributed by atoms with Crippen molar-refractivity contribution in [3.8, 4) is 33.9 Å². The maximum atomic E-state index is 15.3. The summed E-state index contributed by atoms with van der Waals surface area (Å²) in [5.41, 5.74) is 5.83. The Morgan fingerprint density at radius 1 is 0.825 bits per heavy atom. The van der Waals surface area contributed by atoms with Gasteiger partial charge in [0.25, 0.3) is 5.91 Å². The highest BCUT2D eigenvalue weighted by atomic mass is 19.1. The van der Waals surface area contributed by atoms with Crippen LogP contribution in [0.2, 0.25) is 0 Å². The fourth-order valence-electron chi connectivity index (χ4n) is 4.65. The molecule has 0 fully saturated rings. The second-order valence-corrected chi connectivity index (χ2v) is 9.12. The Kier molecular flexibility index (Phi) is 5.56. The largest absolute Gasteiger partial charge is 0.336 e. The molecule has 2 aromatic carbocycles. The van der Waals surface area contributed by atoms with Crippen LogP contribution in [-0.4, -0.2) is 41.0 Å². The first kappa shape index (κ1) is 23.4. The maximum absolute atomic E-state index is 15.3. The van der Waals surface area contributed by atoms with E-state index in [4.69, 9.17) is 4.98 Å². The molecule has 0 spiro atoms. The van der Waals surface area contributed by atoms with E-state index < -0.39 is 5.82 Å². The van der Waals surface area contributed by atoms with E-state index >= 15 is 4.39 Å². The summed E-state index contributed by atoms with van der Waals surface area (Å²) in [4.78, 5) is 33.7. The van der Waals surface area contributed by atoms with Crippen molar-refractivity contribution in [2.75, 3.05) is 5.32 Å². The molecule has 3 N–H and O–H groups in total. The highest BCUT2D eigenvalue weighted by Gasteiger charge is 2.18. The summed E-state index contributed by atoms with van der Waals surface area (Å²) in [6.07, 6.45) is 8.22. The summed E-state index contributed by atoms with van der Waals surface area (Å²) in [6, 6.07) is 19.2. The summed E-state index contributed by atoms with van der Waals surface area (Å²) in [5.74, 6) is -0.222. The minimum Gasteiger partial charge on any atom is -0.336 e. The molecule has 7 aromatic rings. The highest BCUT2D eigenvalue weighted by Crippen LogP contribution is 2.34. The van der Waals surface area contributed by atoms with E-state index in [1.165, 1.54) is 12.3 Å². The average Bonchev–Trinajstić information content (AvgIpc) is 3.61. The molecule has 0 saturated carbocycles. The van der Waals surface area contributed by atoms with Gasteiger partial charge in [0, 0.05) is 58.5 Å². The Balaban J connectivity index is 1.28. The number of anilines is 1. The zero-order chi connectivity index (χ0) is 27.1. The Bertz CT molecular complexity index is 2020. The van der Waals surface area contributed by atoms with Gasteiger partial charge in [-0.05, 0) is 42.5 Å². The zero-order valence-electron chi connectivity index (χ0n) is 20.8. The molecule has 5 heterocycles. The zero-order valence-corrected chi connectivity index (χ0v) is 20.8. The van der Waals surface area contributed by atoms with Gasteiger partial charge in [0.15, 0.2) is 5.82 Å². The lowest BCUT2D eigenvalue weighted by Crippen LogP contribution is -2.11. The minimum atomic E-state index is -0.455. The number of imidazole rings is 1. The molecular weight excluding hydrogens is 507 g/mol. The molecule has 40 heavy (non-hydrogen) atoms. The van der Waals surface area contributed by atoms with E-state index in [0.29, 0.717) is 56.0 Å². The second kappa shape index (κ2) is 9.52. The van der Waals surface area contributed by atoms with Crippen molar-refractivity contribution in [3.05, 3.63) is 109 Å². The summed E-state index contributed by atoms with van der Waals surface area (Å²) in [7, 11) is 0. The first-order valence-corrected chi connectivity index (χ1v) is 12.4. The van der Waals surface area contributed by atoms with E-state index in [-0.39, 0.29) is 5.91 Å². The van der Waals surface area contributed by atoms with Crippen molar-refractivity contribution in [2.24, 2.45) is 0 Å². The number of benzene rings is 2. The number of carbonyl (C=O) groups excluding carboxylic acids is 1. The van der Waals surface area contributed by atoms with Crippen molar-refractivity contribution >= 4 is 33.5 Å². The highest BCUT2D eigenvalue weighted by molar-refractivity contribution is 6.04. The van der Waals surface area contributed by atoms with Crippen LogP contribution in [0.25, 0.3) is 55.8 Å². The third-order valence-corrected chi connectivity index (χ3v) is 6.55. The van der Waals surface area contributed by atoms with Crippen LogP contribution in [0.1, 0.15) is 10.4 Å². The van der Waals surface area contributed by atoms with E-state index in [9.17, 15) is 4.79 Å². The molecular formula is C30H19FN8O. The molecule has 0 aliphatic carbocycles. The van der Waals surface area contributed by atoms with Crippen LogP contribution in [0.5, 0.6) is 0 Å². The summed E-state index contributed by atoms with van der Waals surface area (Å²) in [6.45, 7) is 0. The van der Waals surface area contributed by atoms with E-state index in [1.807, 2.05) is 24.3 Å². The number of rotatable bonds is 5. The number of aromatic nitrogens is 7. The van der Waals surface area contributed by atoms with Crippen molar-refractivity contribution in [1.29, 1.82) is 0 Å². The van der Waals surface area contributed by atoms with Gasteiger partial charge in [-0.15, -0.1) is 0 Å².